The second-order valence-electron chi connectivity index (χ2n) is 6.73. The van der Waals surface area contributed by atoms with Crippen molar-refractivity contribution in [2.45, 2.75) is 60.4 Å². The number of hydrogen-bond donors (Lipinski definition) is 2. The number of anilines is 2. The smallest absolute Gasteiger partial charge is 0.245 e. The topological polar surface area (TPSA) is 46.2 Å². The SMILES string of the molecule is CCC(CC)Nc1cc(C)nc(Oc2c(C)cc(C)cc2C)c1NC. The summed E-state index contributed by atoms with van der Waals surface area (Å²) in [4.78, 5) is 4.64. The highest BCUT2D eigenvalue weighted by molar-refractivity contribution is 5.75. The highest BCUT2D eigenvalue weighted by Crippen LogP contribution is 2.37. The van der Waals surface area contributed by atoms with Gasteiger partial charge in [-0.25, -0.2) is 4.98 Å². The summed E-state index contributed by atoms with van der Waals surface area (Å²) in [6, 6.07) is 6.79. The summed E-state index contributed by atoms with van der Waals surface area (Å²) in [6.07, 6.45) is 2.15. The largest absolute Gasteiger partial charge is 0.436 e. The molecule has 0 aliphatic heterocycles. The molecule has 0 spiro atoms. The van der Waals surface area contributed by atoms with Gasteiger partial charge in [0.25, 0.3) is 0 Å². The first-order valence-electron chi connectivity index (χ1n) is 9.11. The lowest BCUT2D eigenvalue weighted by atomic mass is 10.1. The zero-order valence-electron chi connectivity index (χ0n) is 16.6. The molecular weight excluding hydrogens is 310 g/mol. The zero-order valence-corrected chi connectivity index (χ0v) is 16.6. The Morgan fingerprint density at radius 3 is 2.12 bits per heavy atom. The van der Waals surface area contributed by atoms with Crippen molar-refractivity contribution < 1.29 is 4.74 Å². The Morgan fingerprint density at radius 1 is 1.00 bits per heavy atom. The van der Waals surface area contributed by atoms with Gasteiger partial charge in [-0.15, -0.1) is 0 Å². The third-order valence-corrected chi connectivity index (χ3v) is 4.51. The Kier molecular flexibility index (Phi) is 6.29. The molecule has 0 saturated carbocycles. The van der Waals surface area contributed by atoms with Gasteiger partial charge in [0, 0.05) is 18.8 Å². The third-order valence-electron chi connectivity index (χ3n) is 4.51. The summed E-state index contributed by atoms with van der Waals surface area (Å²) in [7, 11) is 1.91. The fraction of sp³-hybridized carbons (Fsp3) is 0.476. The van der Waals surface area contributed by atoms with Gasteiger partial charge in [-0.2, -0.15) is 0 Å². The molecule has 2 aromatic rings. The van der Waals surface area contributed by atoms with E-state index in [-0.39, 0.29) is 0 Å². The van der Waals surface area contributed by atoms with Crippen molar-refractivity contribution in [3.05, 3.63) is 40.6 Å². The number of aromatic nitrogens is 1. The van der Waals surface area contributed by atoms with Gasteiger partial charge in [0.15, 0.2) is 0 Å². The van der Waals surface area contributed by atoms with Gasteiger partial charge in [-0.3, -0.25) is 0 Å². The van der Waals surface area contributed by atoms with E-state index in [4.69, 9.17) is 4.74 Å². The highest BCUT2D eigenvalue weighted by Gasteiger charge is 2.16. The molecule has 25 heavy (non-hydrogen) atoms. The van der Waals surface area contributed by atoms with Crippen LogP contribution in [0.1, 0.15) is 49.1 Å². The van der Waals surface area contributed by atoms with E-state index in [1.54, 1.807) is 0 Å². The van der Waals surface area contributed by atoms with E-state index in [0.29, 0.717) is 11.9 Å². The van der Waals surface area contributed by atoms with Gasteiger partial charge in [0.05, 0.1) is 5.69 Å². The van der Waals surface area contributed by atoms with Gasteiger partial charge in [-0.1, -0.05) is 31.5 Å². The van der Waals surface area contributed by atoms with E-state index in [9.17, 15) is 0 Å². The first-order chi connectivity index (χ1) is 11.9. The molecule has 2 N–H and O–H groups in total. The quantitative estimate of drug-likeness (QED) is 0.673. The van der Waals surface area contributed by atoms with Crippen molar-refractivity contribution in [2.75, 3.05) is 17.7 Å². The van der Waals surface area contributed by atoms with Gasteiger partial charge in [-0.05, 0) is 57.7 Å². The summed E-state index contributed by atoms with van der Waals surface area (Å²) in [6.45, 7) is 12.7. The van der Waals surface area contributed by atoms with Crippen LogP contribution in [0.25, 0.3) is 0 Å². The predicted molar refractivity (Wildman–Crippen MR) is 107 cm³/mol. The van der Waals surface area contributed by atoms with Crippen LogP contribution in [-0.2, 0) is 0 Å². The number of nitrogens with one attached hydrogen (secondary N) is 2. The molecule has 0 aliphatic rings. The van der Waals surface area contributed by atoms with Crippen molar-refractivity contribution in [3.8, 4) is 11.6 Å². The maximum Gasteiger partial charge on any atom is 0.245 e. The van der Waals surface area contributed by atoms with E-state index in [0.717, 1.165) is 46.8 Å². The lowest BCUT2D eigenvalue weighted by Crippen LogP contribution is -2.18. The number of ether oxygens (including phenoxy) is 1. The Labute approximate surface area is 152 Å². The van der Waals surface area contributed by atoms with Crippen LogP contribution in [0.2, 0.25) is 0 Å². The number of rotatable bonds is 7. The van der Waals surface area contributed by atoms with Crippen LogP contribution in [0, 0.1) is 27.7 Å². The molecule has 0 fully saturated rings. The standard InChI is InChI=1S/C21H31N3O/c1-8-17(9-2)24-18-12-16(6)23-21(19(18)22-7)25-20-14(4)10-13(3)11-15(20)5/h10-12,17,22H,8-9H2,1-7H3,(H,23,24). The number of nitrogens with zero attached hydrogens (tertiary/aromatic N) is 1. The van der Waals surface area contributed by atoms with Crippen molar-refractivity contribution >= 4 is 11.4 Å². The maximum absolute atomic E-state index is 6.27. The number of benzene rings is 1. The molecule has 1 aromatic heterocycles. The van der Waals surface area contributed by atoms with Crippen LogP contribution in [0.4, 0.5) is 11.4 Å². The number of hydrogen-bond acceptors (Lipinski definition) is 4. The van der Waals surface area contributed by atoms with E-state index in [1.165, 1.54) is 5.56 Å². The lowest BCUT2D eigenvalue weighted by Gasteiger charge is -2.22. The van der Waals surface area contributed by atoms with Crippen molar-refractivity contribution in [3.63, 3.8) is 0 Å². The normalized spacial score (nSPS) is 10.9. The van der Waals surface area contributed by atoms with Crippen LogP contribution < -0.4 is 15.4 Å². The fourth-order valence-electron chi connectivity index (χ4n) is 3.21. The molecule has 0 bridgehead atoms. The summed E-state index contributed by atoms with van der Waals surface area (Å²) < 4.78 is 6.27. The number of aryl methyl sites for hydroxylation is 4. The van der Waals surface area contributed by atoms with Crippen LogP contribution in [0.15, 0.2) is 18.2 Å². The lowest BCUT2D eigenvalue weighted by molar-refractivity contribution is 0.457. The van der Waals surface area contributed by atoms with Crippen LogP contribution in [-0.4, -0.2) is 18.1 Å². The van der Waals surface area contributed by atoms with E-state index >= 15 is 0 Å². The highest BCUT2D eigenvalue weighted by atomic mass is 16.5. The molecular formula is C21H31N3O. The molecule has 136 valence electrons. The summed E-state index contributed by atoms with van der Waals surface area (Å²) in [5, 5.41) is 6.89. The van der Waals surface area contributed by atoms with Gasteiger partial charge < -0.3 is 15.4 Å². The molecule has 0 saturated heterocycles. The first kappa shape index (κ1) is 19.1. The molecule has 0 amide bonds. The van der Waals surface area contributed by atoms with E-state index < -0.39 is 0 Å². The second-order valence-corrected chi connectivity index (χ2v) is 6.73. The fourth-order valence-corrected chi connectivity index (χ4v) is 3.21. The minimum absolute atomic E-state index is 0.435. The molecule has 4 heteroatoms. The zero-order chi connectivity index (χ0) is 18.6. The molecule has 1 heterocycles. The molecule has 0 aliphatic carbocycles. The van der Waals surface area contributed by atoms with Gasteiger partial charge in [0.1, 0.15) is 11.4 Å². The minimum atomic E-state index is 0.435. The Morgan fingerprint density at radius 2 is 1.60 bits per heavy atom. The Balaban J connectivity index is 2.46. The first-order valence-corrected chi connectivity index (χ1v) is 9.11. The summed E-state index contributed by atoms with van der Waals surface area (Å²) >= 11 is 0. The second kappa shape index (κ2) is 8.24. The van der Waals surface area contributed by atoms with Crippen LogP contribution >= 0.6 is 0 Å². The predicted octanol–water partition coefficient (Wildman–Crippen LogP) is 5.75. The molecule has 0 radical (unpaired) electrons. The minimum Gasteiger partial charge on any atom is -0.436 e. The average Bonchev–Trinajstić information content (AvgIpc) is 2.55. The molecule has 4 nitrogen and oxygen atoms in total. The Hall–Kier alpha value is -2.23. The molecule has 2 rings (SSSR count). The monoisotopic (exact) mass is 341 g/mol. The van der Waals surface area contributed by atoms with Crippen molar-refractivity contribution in [1.29, 1.82) is 0 Å². The number of pyridine rings is 1. The van der Waals surface area contributed by atoms with E-state index in [2.05, 4.69) is 68.4 Å². The average molecular weight is 341 g/mol. The maximum atomic E-state index is 6.27. The summed E-state index contributed by atoms with van der Waals surface area (Å²) in [5.41, 5.74) is 6.36. The summed E-state index contributed by atoms with van der Waals surface area (Å²) in [5.74, 6) is 1.50. The molecule has 0 unspecified atom stereocenters. The van der Waals surface area contributed by atoms with Gasteiger partial charge >= 0.3 is 0 Å². The Bertz CT molecular complexity index is 713. The van der Waals surface area contributed by atoms with Crippen LogP contribution in [0.5, 0.6) is 11.6 Å². The van der Waals surface area contributed by atoms with Gasteiger partial charge in [0.2, 0.25) is 5.88 Å². The molecule has 0 atom stereocenters. The van der Waals surface area contributed by atoms with Crippen LogP contribution in [0.3, 0.4) is 0 Å². The third kappa shape index (κ3) is 4.44. The molecule has 1 aromatic carbocycles. The van der Waals surface area contributed by atoms with E-state index in [1.807, 2.05) is 14.0 Å². The van der Waals surface area contributed by atoms with Crippen molar-refractivity contribution in [2.24, 2.45) is 0 Å². The van der Waals surface area contributed by atoms with Crippen molar-refractivity contribution in [1.82, 2.24) is 4.98 Å².